The minimum Gasteiger partial charge on any atom is -0.465 e. The number of carbonyl (C=O) groups is 2. The molecule has 0 saturated carbocycles. The molecule has 0 amide bonds. The van der Waals surface area contributed by atoms with E-state index in [0.717, 1.165) is 36.9 Å². The van der Waals surface area contributed by atoms with Gasteiger partial charge in [-0.15, -0.1) is 0 Å². The Labute approximate surface area is 162 Å². The second kappa shape index (κ2) is 7.97. The number of carbonyl (C=O) groups excluding carboxylic acids is 2. The summed E-state index contributed by atoms with van der Waals surface area (Å²) in [5, 5.41) is 10.0. The van der Waals surface area contributed by atoms with Gasteiger partial charge in [-0.05, 0) is 56.7 Å². The molecule has 0 spiro atoms. The van der Waals surface area contributed by atoms with Gasteiger partial charge in [0.1, 0.15) is 11.1 Å². The summed E-state index contributed by atoms with van der Waals surface area (Å²) in [4.78, 5) is 32.2. The van der Waals surface area contributed by atoms with E-state index in [9.17, 15) is 14.9 Å². The summed E-state index contributed by atoms with van der Waals surface area (Å²) >= 11 is 1.27. The van der Waals surface area contributed by atoms with E-state index in [1.54, 1.807) is 13.8 Å². The maximum Gasteiger partial charge on any atom is 0.339 e. The number of ketones is 1. The van der Waals surface area contributed by atoms with Crippen LogP contribution in [0.1, 0.15) is 61.8 Å². The SMILES string of the molecule is COC(=O)c1c(C)[nH]c(C(=O)CSc2nc3c(cc2C#N)CCCC3)c1C. The Kier molecular flexibility index (Phi) is 5.66. The van der Waals surface area contributed by atoms with E-state index < -0.39 is 5.97 Å². The Hall–Kier alpha value is -2.59. The molecule has 1 N–H and O–H groups in total. The Balaban J connectivity index is 1.81. The highest BCUT2D eigenvalue weighted by atomic mass is 32.2. The molecule has 2 heterocycles. The van der Waals surface area contributed by atoms with Crippen molar-refractivity contribution in [1.29, 1.82) is 5.26 Å². The van der Waals surface area contributed by atoms with Crippen LogP contribution in [0.15, 0.2) is 11.1 Å². The molecule has 0 bridgehead atoms. The number of esters is 1. The molecule has 3 rings (SSSR count). The van der Waals surface area contributed by atoms with Crippen LogP contribution >= 0.6 is 11.8 Å². The number of pyridine rings is 1. The fraction of sp³-hybridized carbons (Fsp3) is 0.400. The van der Waals surface area contributed by atoms with E-state index in [2.05, 4.69) is 16.0 Å². The fourth-order valence-electron chi connectivity index (χ4n) is 3.45. The number of hydrogen-bond donors (Lipinski definition) is 1. The van der Waals surface area contributed by atoms with Crippen LogP contribution in [0.3, 0.4) is 0 Å². The lowest BCUT2D eigenvalue weighted by molar-refractivity contribution is 0.0599. The summed E-state index contributed by atoms with van der Waals surface area (Å²) in [7, 11) is 1.32. The summed E-state index contributed by atoms with van der Waals surface area (Å²) in [6, 6.07) is 4.10. The first-order valence-corrected chi connectivity index (χ1v) is 9.81. The number of nitrogens with zero attached hydrogens (tertiary/aromatic N) is 2. The molecule has 6 nitrogen and oxygen atoms in total. The Morgan fingerprint density at radius 2 is 2.07 bits per heavy atom. The zero-order valence-corrected chi connectivity index (χ0v) is 16.5. The van der Waals surface area contributed by atoms with Crippen LogP contribution in [-0.4, -0.2) is 34.6 Å². The molecule has 2 aromatic heterocycles. The Morgan fingerprint density at radius 1 is 1.33 bits per heavy atom. The number of fused-ring (bicyclic) bond motifs is 1. The van der Waals surface area contributed by atoms with Crippen molar-refractivity contribution in [3.05, 3.63) is 45.4 Å². The lowest BCUT2D eigenvalue weighted by atomic mass is 9.95. The molecule has 0 aliphatic heterocycles. The summed E-state index contributed by atoms with van der Waals surface area (Å²) in [6.07, 6.45) is 4.10. The van der Waals surface area contributed by atoms with Crippen LogP contribution in [0.2, 0.25) is 0 Å². The number of aryl methyl sites for hydroxylation is 3. The van der Waals surface area contributed by atoms with E-state index in [4.69, 9.17) is 4.74 Å². The first kappa shape index (κ1) is 19.2. The molecule has 2 aromatic rings. The third-order valence-electron chi connectivity index (χ3n) is 4.83. The molecular weight excluding hydrogens is 362 g/mol. The van der Waals surface area contributed by atoms with Crippen LogP contribution in [0.5, 0.6) is 0 Å². The number of nitrogens with one attached hydrogen (secondary N) is 1. The number of nitriles is 1. The van der Waals surface area contributed by atoms with E-state index in [1.807, 2.05) is 6.07 Å². The van der Waals surface area contributed by atoms with Gasteiger partial charge < -0.3 is 9.72 Å². The maximum absolute atomic E-state index is 12.7. The summed E-state index contributed by atoms with van der Waals surface area (Å²) < 4.78 is 4.78. The smallest absolute Gasteiger partial charge is 0.339 e. The van der Waals surface area contributed by atoms with Crippen molar-refractivity contribution >= 4 is 23.5 Å². The number of hydrogen-bond acceptors (Lipinski definition) is 6. The van der Waals surface area contributed by atoms with Gasteiger partial charge in [0.2, 0.25) is 0 Å². The largest absolute Gasteiger partial charge is 0.465 e. The molecular formula is C20H21N3O3S. The monoisotopic (exact) mass is 383 g/mol. The zero-order valence-electron chi connectivity index (χ0n) is 15.6. The number of aromatic nitrogens is 2. The van der Waals surface area contributed by atoms with E-state index in [-0.39, 0.29) is 11.5 Å². The maximum atomic E-state index is 12.7. The van der Waals surface area contributed by atoms with Crippen LogP contribution < -0.4 is 0 Å². The standard InChI is InChI=1S/C20H21N3O3S/c1-11-17(20(25)26-3)12(2)22-18(11)16(24)10-27-19-14(9-21)8-13-6-4-5-7-15(13)23-19/h8,22H,4-7,10H2,1-3H3. The van der Waals surface area contributed by atoms with Gasteiger partial charge in [0.05, 0.1) is 29.7 Å². The Bertz CT molecular complexity index is 956. The fourth-order valence-corrected chi connectivity index (χ4v) is 4.29. The van der Waals surface area contributed by atoms with Gasteiger partial charge in [0, 0.05) is 11.4 Å². The van der Waals surface area contributed by atoms with Crippen molar-refractivity contribution in [3.8, 4) is 6.07 Å². The minimum atomic E-state index is -0.462. The van der Waals surface area contributed by atoms with Gasteiger partial charge in [-0.25, -0.2) is 9.78 Å². The van der Waals surface area contributed by atoms with E-state index >= 15 is 0 Å². The lowest BCUT2D eigenvalue weighted by Gasteiger charge is -2.16. The van der Waals surface area contributed by atoms with Crippen molar-refractivity contribution in [2.75, 3.05) is 12.9 Å². The number of Topliss-reactive ketones (excluding diaryl/α,β-unsaturated/α-hetero) is 1. The van der Waals surface area contributed by atoms with Crippen LogP contribution in [0, 0.1) is 25.2 Å². The second-order valence-corrected chi connectivity index (χ2v) is 7.56. The highest BCUT2D eigenvalue weighted by molar-refractivity contribution is 8.00. The molecule has 0 saturated heterocycles. The summed E-state index contributed by atoms with van der Waals surface area (Å²) in [5.74, 6) is -0.461. The highest BCUT2D eigenvalue weighted by Gasteiger charge is 2.23. The highest BCUT2D eigenvalue weighted by Crippen LogP contribution is 2.28. The topological polar surface area (TPSA) is 95.8 Å². The van der Waals surface area contributed by atoms with Gasteiger partial charge in [0.15, 0.2) is 5.78 Å². The number of aromatic amines is 1. The predicted molar refractivity (Wildman–Crippen MR) is 102 cm³/mol. The zero-order chi connectivity index (χ0) is 19.6. The van der Waals surface area contributed by atoms with Crippen molar-refractivity contribution in [2.45, 2.75) is 44.6 Å². The van der Waals surface area contributed by atoms with E-state index in [0.29, 0.717) is 33.1 Å². The first-order valence-electron chi connectivity index (χ1n) is 8.82. The number of thioether (sulfide) groups is 1. The normalized spacial score (nSPS) is 13.0. The number of ether oxygens (including phenoxy) is 1. The average Bonchev–Trinajstić information content (AvgIpc) is 2.98. The number of methoxy groups -OCH3 is 1. The summed E-state index contributed by atoms with van der Waals surface area (Å²) in [5.41, 5.74) is 4.69. The lowest BCUT2D eigenvalue weighted by Crippen LogP contribution is -2.09. The van der Waals surface area contributed by atoms with Crippen molar-refractivity contribution in [2.24, 2.45) is 0 Å². The predicted octanol–water partition coefficient (Wildman–Crippen LogP) is 3.54. The second-order valence-electron chi connectivity index (χ2n) is 6.59. The molecule has 0 atom stereocenters. The van der Waals surface area contributed by atoms with Crippen molar-refractivity contribution < 1.29 is 14.3 Å². The number of rotatable bonds is 5. The molecule has 0 aromatic carbocycles. The molecule has 0 radical (unpaired) electrons. The first-order chi connectivity index (χ1) is 13.0. The van der Waals surface area contributed by atoms with Gasteiger partial charge >= 0.3 is 5.97 Å². The third-order valence-corrected chi connectivity index (χ3v) is 5.82. The molecule has 7 heteroatoms. The van der Waals surface area contributed by atoms with Gasteiger partial charge in [-0.3, -0.25) is 4.79 Å². The van der Waals surface area contributed by atoms with Gasteiger partial charge in [0.25, 0.3) is 0 Å². The molecule has 1 aliphatic carbocycles. The third kappa shape index (κ3) is 3.76. The summed E-state index contributed by atoms with van der Waals surface area (Å²) in [6.45, 7) is 3.47. The minimum absolute atomic E-state index is 0.140. The van der Waals surface area contributed by atoms with E-state index in [1.165, 1.54) is 18.9 Å². The van der Waals surface area contributed by atoms with Crippen molar-refractivity contribution in [1.82, 2.24) is 9.97 Å². The van der Waals surface area contributed by atoms with Crippen molar-refractivity contribution in [3.63, 3.8) is 0 Å². The van der Waals surface area contributed by atoms with Crippen LogP contribution in [0.4, 0.5) is 0 Å². The molecule has 0 fully saturated rings. The molecule has 0 unspecified atom stereocenters. The molecule has 1 aliphatic rings. The number of H-pyrrole nitrogens is 1. The van der Waals surface area contributed by atoms with Crippen LogP contribution in [-0.2, 0) is 17.6 Å². The Morgan fingerprint density at radius 3 is 2.78 bits per heavy atom. The van der Waals surface area contributed by atoms with Gasteiger partial charge in [-0.2, -0.15) is 5.26 Å². The molecule has 27 heavy (non-hydrogen) atoms. The van der Waals surface area contributed by atoms with Crippen LogP contribution in [0.25, 0.3) is 0 Å². The molecule has 140 valence electrons. The average molecular weight is 383 g/mol. The quantitative estimate of drug-likeness (QED) is 0.482. The van der Waals surface area contributed by atoms with Gasteiger partial charge in [-0.1, -0.05) is 11.8 Å².